The standard InChI is InChI=1S/C24H48O2.Ca.2H/c1-2-3-4-5-6-7-8-9-10-11-12-13-14-15-16-17-18-19-20-21-22-23-24(25)26;;;/h2-23H2,1H3,(H,25,26);;;/q;+2;2*-1. The summed E-state index contributed by atoms with van der Waals surface area (Å²) in [5.41, 5.74) is 0. The second kappa shape index (κ2) is 26.7. The molecule has 0 rings (SSSR count). The van der Waals surface area contributed by atoms with Crippen molar-refractivity contribution in [3.63, 3.8) is 0 Å². The van der Waals surface area contributed by atoms with Crippen LogP contribution in [0.15, 0.2) is 0 Å². The van der Waals surface area contributed by atoms with E-state index in [4.69, 9.17) is 5.11 Å². The maximum Gasteiger partial charge on any atom is 2.00 e. The van der Waals surface area contributed by atoms with Crippen molar-refractivity contribution in [3.05, 3.63) is 0 Å². The third kappa shape index (κ3) is 29.0. The summed E-state index contributed by atoms with van der Waals surface area (Å²) in [6, 6.07) is 0. The molecule has 0 heterocycles. The largest absolute Gasteiger partial charge is 2.00 e. The molecule has 0 amide bonds. The third-order valence-electron chi connectivity index (χ3n) is 5.49. The molecule has 0 aromatic heterocycles. The molecule has 0 aromatic rings. The average molecular weight is 411 g/mol. The van der Waals surface area contributed by atoms with Crippen molar-refractivity contribution >= 4 is 43.7 Å². The summed E-state index contributed by atoms with van der Waals surface area (Å²) in [5.74, 6) is -0.650. The van der Waals surface area contributed by atoms with Gasteiger partial charge in [-0.2, -0.15) is 0 Å². The molecule has 1 N–H and O–H groups in total. The molecular weight excluding hydrogens is 360 g/mol. The van der Waals surface area contributed by atoms with Gasteiger partial charge in [0.1, 0.15) is 0 Å². The first kappa shape index (κ1) is 29.9. The van der Waals surface area contributed by atoms with Gasteiger partial charge in [-0.3, -0.25) is 4.79 Å². The predicted molar refractivity (Wildman–Crippen MR) is 123 cm³/mol. The Bertz CT molecular complexity index is 292. The van der Waals surface area contributed by atoms with Crippen molar-refractivity contribution in [2.75, 3.05) is 0 Å². The zero-order valence-corrected chi connectivity index (χ0v) is 20.8. The fourth-order valence-electron chi connectivity index (χ4n) is 3.71. The summed E-state index contributed by atoms with van der Waals surface area (Å²) < 4.78 is 0. The van der Waals surface area contributed by atoms with E-state index in [1.807, 2.05) is 0 Å². The van der Waals surface area contributed by atoms with E-state index >= 15 is 0 Å². The van der Waals surface area contributed by atoms with Gasteiger partial charge in [0.2, 0.25) is 0 Å². The first-order chi connectivity index (χ1) is 12.8. The van der Waals surface area contributed by atoms with E-state index in [1.165, 1.54) is 122 Å². The van der Waals surface area contributed by atoms with Crippen molar-refractivity contribution in [2.24, 2.45) is 0 Å². The minimum absolute atomic E-state index is 0. The maximum absolute atomic E-state index is 10.4. The van der Waals surface area contributed by atoms with E-state index in [2.05, 4.69) is 6.92 Å². The number of aliphatic carboxylic acids is 1. The molecule has 0 aliphatic heterocycles. The zero-order valence-electron chi connectivity index (χ0n) is 20.6. The Hall–Kier alpha value is 0.730. The van der Waals surface area contributed by atoms with Gasteiger partial charge in [-0.15, -0.1) is 0 Å². The van der Waals surface area contributed by atoms with Gasteiger partial charge in [-0.05, 0) is 6.42 Å². The number of carbonyl (C=O) groups is 1. The summed E-state index contributed by atoms with van der Waals surface area (Å²) in [4.78, 5) is 10.4. The smallest absolute Gasteiger partial charge is 1.00 e. The SMILES string of the molecule is CCCCCCCCCCCCCCCCCCCCCCCC(=O)O.[Ca+2].[H-].[H-]. The molecule has 0 fully saturated rings. The number of hydrogen-bond acceptors (Lipinski definition) is 1. The summed E-state index contributed by atoms with van der Waals surface area (Å²) in [7, 11) is 0. The molecule has 0 saturated heterocycles. The van der Waals surface area contributed by atoms with Crippen LogP contribution in [0.1, 0.15) is 151 Å². The quantitative estimate of drug-likeness (QED) is 0.143. The monoisotopic (exact) mass is 410 g/mol. The van der Waals surface area contributed by atoms with Gasteiger partial charge in [0.25, 0.3) is 0 Å². The van der Waals surface area contributed by atoms with Crippen LogP contribution in [-0.4, -0.2) is 48.8 Å². The van der Waals surface area contributed by atoms with Crippen molar-refractivity contribution < 1.29 is 12.8 Å². The molecular formula is C24H50CaO2. The van der Waals surface area contributed by atoms with Crippen LogP contribution in [0.2, 0.25) is 0 Å². The fraction of sp³-hybridized carbons (Fsp3) is 0.958. The number of unbranched alkanes of at least 4 members (excludes halogenated alkanes) is 20. The Morgan fingerprint density at radius 1 is 0.519 bits per heavy atom. The Morgan fingerprint density at radius 3 is 0.963 bits per heavy atom. The molecule has 0 spiro atoms. The zero-order chi connectivity index (χ0) is 19.1. The van der Waals surface area contributed by atoms with Gasteiger partial charge in [0, 0.05) is 6.42 Å². The van der Waals surface area contributed by atoms with Crippen LogP contribution in [-0.2, 0) is 4.79 Å². The van der Waals surface area contributed by atoms with E-state index < -0.39 is 5.97 Å². The minimum Gasteiger partial charge on any atom is -1.00 e. The Morgan fingerprint density at radius 2 is 0.741 bits per heavy atom. The molecule has 0 unspecified atom stereocenters. The molecule has 2 nitrogen and oxygen atoms in total. The van der Waals surface area contributed by atoms with E-state index in [-0.39, 0.29) is 40.6 Å². The van der Waals surface area contributed by atoms with Crippen LogP contribution in [0.25, 0.3) is 0 Å². The van der Waals surface area contributed by atoms with Gasteiger partial charge in [0.05, 0.1) is 0 Å². The number of carboxylic acids is 1. The van der Waals surface area contributed by atoms with Gasteiger partial charge in [-0.25, -0.2) is 0 Å². The maximum atomic E-state index is 10.4. The predicted octanol–water partition coefficient (Wildman–Crippen LogP) is 8.52. The van der Waals surface area contributed by atoms with Crippen LogP contribution in [0.5, 0.6) is 0 Å². The normalized spacial score (nSPS) is 10.7. The summed E-state index contributed by atoms with van der Waals surface area (Å²) >= 11 is 0. The third-order valence-corrected chi connectivity index (χ3v) is 5.49. The van der Waals surface area contributed by atoms with Crippen LogP contribution in [0.3, 0.4) is 0 Å². The second-order valence-electron chi connectivity index (χ2n) is 8.21. The minimum atomic E-state index is -0.650. The molecule has 0 aliphatic carbocycles. The average Bonchev–Trinajstić information content (AvgIpc) is 2.62. The molecule has 0 bridgehead atoms. The van der Waals surface area contributed by atoms with Crippen LogP contribution in [0.4, 0.5) is 0 Å². The molecule has 0 saturated carbocycles. The molecule has 27 heavy (non-hydrogen) atoms. The summed E-state index contributed by atoms with van der Waals surface area (Å²) in [5, 5.41) is 8.57. The molecule has 3 heteroatoms. The van der Waals surface area contributed by atoms with E-state index in [9.17, 15) is 4.79 Å². The first-order valence-corrected chi connectivity index (χ1v) is 12.0. The van der Waals surface area contributed by atoms with Gasteiger partial charge in [-0.1, -0.05) is 135 Å². The molecule has 0 atom stereocenters. The Balaban J connectivity index is -0.00000104. The van der Waals surface area contributed by atoms with Gasteiger partial charge < -0.3 is 7.96 Å². The molecule has 0 aromatic carbocycles. The van der Waals surface area contributed by atoms with Gasteiger partial charge >= 0.3 is 43.7 Å². The molecule has 160 valence electrons. The van der Waals surface area contributed by atoms with E-state index in [0.717, 1.165) is 12.8 Å². The second-order valence-corrected chi connectivity index (χ2v) is 8.21. The van der Waals surface area contributed by atoms with Crippen molar-refractivity contribution in [2.45, 2.75) is 148 Å². The Labute approximate surface area is 203 Å². The first-order valence-electron chi connectivity index (χ1n) is 12.0. The number of hydrogen-bond donors (Lipinski definition) is 1. The molecule has 0 radical (unpaired) electrons. The van der Waals surface area contributed by atoms with E-state index in [0.29, 0.717) is 6.42 Å². The number of carboxylic acid groups (broad SMARTS) is 1. The topological polar surface area (TPSA) is 37.3 Å². The summed E-state index contributed by atoms with van der Waals surface area (Å²) in [6.07, 6.45) is 29.1. The van der Waals surface area contributed by atoms with Crippen LogP contribution in [0, 0.1) is 0 Å². The van der Waals surface area contributed by atoms with Gasteiger partial charge in [0.15, 0.2) is 0 Å². The fourth-order valence-corrected chi connectivity index (χ4v) is 3.71. The van der Waals surface area contributed by atoms with Crippen LogP contribution < -0.4 is 0 Å². The number of rotatable bonds is 22. The molecule has 0 aliphatic rings. The summed E-state index contributed by atoms with van der Waals surface area (Å²) in [6.45, 7) is 2.29. The van der Waals surface area contributed by atoms with Crippen LogP contribution >= 0.6 is 0 Å². The van der Waals surface area contributed by atoms with Crippen molar-refractivity contribution in [3.8, 4) is 0 Å². The van der Waals surface area contributed by atoms with Crippen molar-refractivity contribution in [1.82, 2.24) is 0 Å². The van der Waals surface area contributed by atoms with E-state index in [1.54, 1.807) is 0 Å². The van der Waals surface area contributed by atoms with Crippen molar-refractivity contribution in [1.29, 1.82) is 0 Å². The Kier molecular flexibility index (Phi) is 29.6.